The van der Waals surface area contributed by atoms with E-state index in [1.807, 2.05) is 41.3 Å². The quantitative estimate of drug-likeness (QED) is 0.823. The second kappa shape index (κ2) is 5.73. The number of hydrogen-bond acceptors (Lipinski definition) is 2. The van der Waals surface area contributed by atoms with Crippen LogP contribution in [0.4, 0.5) is 0 Å². The van der Waals surface area contributed by atoms with Crippen LogP contribution in [0.15, 0.2) is 40.9 Å². The highest BCUT2D eigenvalue weighted by molar-refractivity contribution is 9.10. The van der Waals surface area contributed by atoms with E-state index in [4.69, 9.17) is 12.2 Å². The van der Waals surface area contributed by atoms with E-state index < -0.39 is 12.0 Å². The molecule has 0 amide bonds. The lowest BCUT2D eigenvalue weighted by molar-refractivity contribution is -0.140. The molecule has 0 aliphatic carbocycles. The minimum Gasteiger partial charge on any atom is -0.480 e. The molecule has 0 unspecified atom stereocenters. The van der Waals surface area contributed by atoms with Crippen LogP contribution >= 0.6 is 28.1 Å². The van der Waals surface area contributed by atoms with Gasteiger partial charge in [0.25, 0.3) is 0 Å². The van der Waals surface area contributed by atoms with Gasteiger partial charge in [-0.25, -0.2) is 4.79 Å². The Morgan fingerprint density at radius 3 is 2.71 bits per heavy atom. The van der Waals surface area contributed by atoms with Crippen LogP contribution in [0.1, 0.15) is 18.4 Å². The fourth-order valence-electron chi connectivity index (χ4n) is 2.88. The van der Waals surface area contributed by atoms with Crippen LogP contribution in [-0.4, -0.2) is 33.6 Å². The zero-order valence-corrected chi connectivity index (χ0v) is 13.7. The minimum absolute atomic E-state index is 0.500. The number of carbonyl (C=O) groups is 1. The Labute approximate surface area is 136 Å². The Balaban J connectivity index is 2.06. The fraction of sp³-hybridized carbons (Fsp3) is 0.250. The summed E-state index contributed by atoms with van der Waals surface area (Å²) >= 11 is 9.14. The van der Waals surface area contributed by atoms with Crippen molar-refractivity contribution in [2.75, 3.05) is 6.54 Å². The molecule has 21 heavy (non-hydrogen) atoms. The molecule has 1 aliphatic rings. The number of carboxylic acid groups (broad SMARTS) is 1. The predicted octanol–water partition coefficient (Wildman–Crippen LogP) is 3.83. The summed E-state index contributed by atoms with van der Waals surface area (Å²) < 4.78 is 1.01. The zero-order valence-electron chi connectivity index (χ0n) is 11.3. The zero-order chi connectivity index (χ0) is 15.0. The van der Waals surface area contributed by atoms with Crippen LogP contribution in [0.2, 0.25) is 0 Å². The molecule has 2 aromatic carbocycles. The number of rotatable bonds is 2. The summed E-state index contributed by atoms with van der Waals surface area (Å²) in [7, 11) is 0. The van der Waals surface area contributed by atoms with E-state index in [2.05, 4.69) is 15.9 Å². The number of aliphatic carboxylic acids is 1. The Hall–Kier alpha value is -1.46. The Morgan fingerprint density at radius 2 is 1.95 bits per heavy atom. The van der Waals surface area contributed by atoms with Gasteiger partial charge in [-0.1, -0.05) is 58.5 Å². The number of hydrogen-bond donors (Lipinski definition) is 1. The monoisotopic (exact) mass is 363 g/mol. The maximum absolute atomic E-state index is 11.4. The third kappa shape index (κ3) is 2.56. The van der Waals surface area contributed by atoms with Gasteiger partial charge in [-0.3, -0.25) is 0 Å². The Bertz CT molecular complexity index is 731. The Morgan fingerprint density at radius 1 is 1.24 bits per heavy atom. The van der Waals surface area contributed by atoms with Crippen LogP contribution in [0.5, 0.6) is 0 Å². The topological polar surface area (TPSA) is 40.5 Å². The van der Waals surface area contributed by atoms with E-state index in [-0.39, 0.29) is 0 Å². The smallest absolute Gasteiger partial charge is 0.326 e. The molecular weight excluding hydrogens is 350 g/mol. The summed E-state index contributed by atoms with van der Waals surface area (Å²) in [6, 6.07) is 11.4. The molecule has 1 saturated heterocycles. The highest BCUT2D eigenvalue weighted by atomic mass is 79.9. The molecular formula is C16H14BrNO2S. The predicted molar refractivity (Wildman–Crippen MR) is 90.7 cm³/mol. The first-order valence-corrected chi connectivity index (χ1v) is 8.01. The van der Waals surface area contributed by atoms with Crippen molar-refractivity contribution in [1.82, 2.24) is 4.90 Å². The van der Waals surface area contributed by atoms with E-state index in [0.29, 0.717) is 18.0 Å². The summed E-state index contributed by atoms with van der Waals surface area (Å²) in [6.45, 7) is 0.709. The molecule has 0 bridgehead atoms. The van der Waals surface area contributed by atoms with Crippen molar-refractivity contribution in [1.29, 1.82) is 0 Å². The fourth-order valence-corrected chi connectivity index (χ4v) is 3.77. The number of carboxylic acids is 1. The highest BCUT2D eigenvalue weighted by Gasteiger charge is 2.32. The molecule has 1 heterocycles. The lowest BCUT2D eigenvalue weighted by Crippen LogP contribution is -2.39. The Kier molecular flexibility index (Phi) is 3.95. The third-order valence-electron chi connectivity index (χ3n) is 3.90. The van der Waals surface area contributed by atoms with Gasteiger partial charge in [0.2, 0.25) is 0 Å². The van der Waals surface area contributed by atoms with E-state index in [9.17, 15) is 9.90 Å². The van der Waals surface area contributed by atoms with Crippen molar-refractivity contribution >= 4 is 49.9 Å². The summed E-state index contributed by atoms with van der Waals surface area (Å²) in [4.78, 5) is 13.8. The molecule has 0 saturated carbocycles. The molecule has 1 aliphatic heterocycles. The maximum Gasteiger partial charge on any atom is 0.326 e. The van der Waals surface area contributed by atoms with Crippen molar-refractivity contribution in [3.63, 3.8) is 0 Å². The van der Waals surface area contributed by atoms with Gasteiger partial charge < -0.3 is 10.0 Å². The summed E-state index contributed by atoms with van der Waals surface area (Å²) in [5.41, 5.74) is 0.928. The van der Waals surface area contributed by atoms with E-state index >= 15 is 0 Å². The molecule has 2 aromatic rings. The number of fused-ring (bicyclic) bond motifs is 1. The molecule has 0 aromatic heterocycles. The van der Waals surface area contributed by atoms with Crippen LogP contribution < -0.4 is 0 Å². The largest absolute Gasteiger partial charge is 0.480 e. The standard InChI is InChI=1S/C16H14BrNO2S/c17-13-7-2-4-10-11(13)5-1-6-12(10)15(21)18-9-3-8-14(18)16(19)20/h1-2,4-7,14H,3,8-9H2,(H,19,20)/t14-/m0/s1. The van der Waals surface area contributed by atoms with Gasteiger partial charge in [-0.2, -0.15) is 0 Å². The second-order valence-electron chi connectivity index (χ2n) is 5.14. The van der Waals surface area contributed by atoms with E-state index in [1.54, 1.807) is 0 Å². The molecule has 1 N–H and O–H groups in total. The molecule has 0 spiro atoms. The van der Waals surface area contributed by atoms with E-state index in [1.165, 1.54) is 0 Å². The van der Waals surface area contributed by atoms with Gasteiger partial charge in [0, 0.05) is 16.6 Å². The van der Waals surface area contributed by atoms with Gasteiger partial charge >= 0.3 is 5.97 Å². The highest BCUT2D eigenvalue weighted by Crippen LogP contribution is 2.29. The van der Waals surface area contributed by atoms with Crippen molar-refractivity contribution in [3.05, 3.63) is 46.4 Å². The molecule has 1 atom stereocenters. The van der Waals surface area contributed by atoms with Gasteiger partial charge in [0.05, 0.1) is 0 Å². The first-order chi connectivity index (χ1) is 10.1. The number of benzene rings is 2. The first-order valence-electron chi connectivity index (χ1n) is 6.80. The van der Waals surface area contributed by atoms with Crippen LogP contribution in [0.3, 0.4) is 0 Å². The van der Waals surface area contributed by atoms with Crippen LogP contribution in [0, 0.1) is 0 Å². The lowest BCUT2D eigenvalue weighted by atomic mass is 10.0. The number of thiocarbonyl (C=S) groups is 1. The number of likely N-dealkylation sites (tertiary alicyclic amines) is 1. The SMILES string of the molecule is O=C(O)[C@@H]1CCCN1C(=S)c1cccc2c(Br)cccc12. The number of halogens is 1. The van der Waals surface area contributed by atoms with Crippen molar-refractivity contribution in [2.45, 2.75) is 18.9 Å². The summed E-state index contributed by atoms with van der Waals surface area (Å²) in [5, 5.41) is 11.5. The molecule has 5 heteroatoms. The third-order valence-corrected chi connectivity index (χ3v) is 5.04. The summed E-state index contributed by atoms with van der Waals surface area (Å²) in [6.07, 6.45) is 1.52. The molecule has 3 rings (SSSR count). The van der Waals surface area contributed by atoms with Gasteiger partial charge in [0.15, 0.2) is 0 Å². The van der Waals surface area contributed by atoms with Crippen molar-refractivity contribution < 1.29 is 9.90 Å². The second-order valence-corrected chi connectivity index (χ2v) is 6.38. The molecule has 1 fully saturated rings. The van der Waals surface area contributed by atoms with Gasteiger partial charge in [-0.15, -0.1) is 0 Å². The summed E-state index contributed by atoms with van der Waals surface area (Å²) in [5.74, 6) is -0.795. The van der Waals surface area contributed by atoms with E-state index in [0.717, 1.165) is 27.2 Å². The first kappa shape index (κ1) is 14.5. The van der Waals surface area contributed by atoms with Crippen molar-refractivity contribution in [2.24, 2.45) is 0 Å². The lowest BCUT2D eigenvalue weighted by Gasteiger charge is -2.25. The number of nitrogens with zero attached hydrogens (tertiary/aromatic N) is 1. The normalized spacial score (nSPS) is 18.1. The van der Waals surface area contributed by atoms with Crippen LogP contribution in [-0.2, 0) is 4.79 Å². The molecule has 0 radical (unpaired) electrons. The van der Waals surface area contributed by atoms with Crippen LogP contribution in [0.25, 0.3) is 10.8 Å². The minimum atomic E-state index is -0.795. The van der Waals surface area contributed by atoms with Crippen molar-refractivity contribution in [3.8, 4) is 0 Å². The average molecular weight is 364 g/mol. The molecule has 3 nitrogen and oxygen atoms in total. The molecule has 108 valence electrons. The average Bonchev–Trinajstić information content (AvgIpc) is 2.96. The van der Waals surface area contributed by atoms with Gasteiger partial charge in [0.1, 0.15) is 11.0 Å². The van der Waals surface area contributed by atoms with Gasteiger partial charge in [-0.05, 0) is 29.7 Å². The maximum atomic E-state index is 11.4.